The van der Waals surface area contributed by atoms with Gasteiger partial charge >= 0.3 is 12.2 Å². The number of rotatable bonds is 3. The zero-order chi connectivity index (χ0) is 18.6. The van der Waals surface area contributed by atoms with Crippen molar-refractivity contribution >= 4 is 34.9 Å². The lowest BCUT2D eigenvalue weighted by molar-refractivity contribution is -0.137. The molecule has 0 atom stereocenters. The number of halogens is 4. The minimum atomic E-state index is -4.62. The number of carbonyl (C=O) groups is 2. The average Bonchev–Trinajstić information content (AvgIpc) is 2.55. The second kappa shape index (κ2) is 7.43. The van der Waals surface area contributed by atoms with Gasteiger partial charge in [0.15, 0.2) is 0 Å². The largest absolute Gasteiger partial charge is 0.417 e. The van der Waals surface area contributed by atoms with Crippen LogP contribution in [0.15, 0.2) is 42.5 Å². The van der Waals surface area contributed by atoms with E-state index in [1.807, 2.05) is 0 Å². The summed E-state index contributed by atoms with van der Waals surface area (Å²) in [5.41, 5.74) is -0.325. The maximum atomic E-state index is 12.8. The van der Waals surface area contributed by atoms with Crippen molar-refractivity contribution < 1.29 is 22.8 Å². The Morgan fingerprint density at radius 2 is 1.52 bits per heavy atom. The number of anilines is 2. The van der Waals surface area contributed by atoms with Crippen molar-refractivity contribution in [1.82, 2.24) is 5.32 Å². The third-order valence-corrected chi connectivity index (χ3v) is 3.49. The smallest absolute Gasteiger partial charge is 0.355 e. The molecule has 0 heterocycles. The van der Waals surface area contributed by atoms with Gasteiger partial charge < -0.3 is 16.0 Å². The summed E-state index contributed by atoms with van der Waals surface area (Å²) < 4.78 is 38.4. The molecule has 0 aliphatic rings. The minimum absolute atomic E-state index is 0.0591. The van der Waals surface area contributed by atoms with Crippen LogP contribution in [-0.2, 0) is 6.18 Å². The van der Waals surface area contributed by atoms with E-state index >= 15 is 0 Å². The Morgan fingerprint density at radius 1 is 0.960 bits per heavy atom. The van der Waals surface area contributed by atoms with Gasteiger partial charge in [-0.25, -0.2) is 4.79 Å². The molecular formula is C16H13ClF3N3O2. The molecule has 0 radical (unpaired) electrons. The molecule has 2 rings (SSSR count). The number of benzene rings is 2. The highest BCUT2D eigenvalue weighted by atomic mass is 35.5. The van der Waals surface area contributed by atoms with Crippen molar-refractivity contribution in [1.29, 1.82) is 0 Å². The fraction of sp³-hybridized carbons (Fsp3) is 0.125. The lowest BCUT2D eigenvalue weighted by atomic mass is 10.2. The zero-order valence-electron chi connectivity index (χ0n) is 12.9. The Kier molecular flexibility index (Phi) is 5.53. The number of alkyl halides is 3. The van der Waals surface area contributed by atoms with Crippen LogP contribution in [0.4, 0.5) is 29.3 Å². The molecule has 0 saturated carbocycles. The number of hydrogen-bond acceptors (Lipinski definition) is 2. The molecule has 0 unspecified atom stereocenters. The first-order valence-corrected chi connectivity index (χ1v) is 7.35. The van der Waals surface area contributed by atoms with Gasteiger partial charge in [0.2, 0.25) is 0 Å². The molecular weight excluding hydrogens is 359 g/mol. The quantitative estimate of drug-likeness (QED) is 0.750. The topological polar surface area (TPSA) is 70.2 Å². The molecule has 3 amide bonds. The van der Waals surface area contributed by atoms with Gasteiger partial charge in [-0.2, -0.15) is 13.2 Å². The fourth-order valence-corrected chi connectivity index (χ4v) is 2.19. The first-order valence-electron chi connectivity index (χ1n) is 6.97. The summed E-state index contributed by atoms with van der Waals surface area (Å²) in [7, 11) is 1.49. The Labute approximate surface area is 146 Å². The summed E-state index contributed by atoms with van der Waals surface area (Å²) in [6, 6.07) is 8.31. The lowest BCUT2D eigenvalue weighted by Crippen LogP contribution is -2.20. The highest BCUT2D eigenvalue weighted by Crippen LogP contribution is 2.36. The second-order valence-corrected chi connectivity index (χ2v) is 5.34. The average molecular weight is 372 g/mol. The van der Waals surface area contributed by atoms with Crippen LogP contribution in [0, 0.1) is 0 Å². The van der Waals surface area contributed by atoms with Crippen molar-refractivity contribution in [3.63, 3.8) is 0 Å². The van der Waals surface area contributed by atoms with Crippen molar-refractivity contribution in [2.24, 2.45) is 0 Å². The zero-order valence-corrected chi connectivity index (χ0v) is 13.6. The maximum Gasteiger partial charge on any atom is 0.417 e. The van der Waals surface area contributed by atoms with E-state index in [1.165, 1.54) is 37.4 Å². The van der Waals surface area contributed by atoms with E-state index in [1.54, 1.807) is 0 Å². The van der Waals surface area contributed by atoms with Gasteiger partial charge in [-0.1, -0.05) is 11.6 Å². The molecule has 0 spiro atoms. The summed E-state index contributed by atoms with van der Waals surface area (Å²) in [5.74, 6) is -0.281. The Morgan fingerprint density at radius 3 is 2.08 bits per heavy atom. The molecule has 0 aromatic heterocycles. The summed E-state index contributed by atoms with van der Waals surface area (Å²) in [6.45, 7) is 0. The van der Waals surface area contributed by atoms with Crippen molar-refractivity contribution in [2.45, 2.75) is 6.18 Å². The number of carbonyl (C=O) groups excluding carboxylic acids is 2. The van der Waals surface area contributed by atoms with Crippen LogP contribution < -0.4 is 16.0 Å². The fourth-order valence-electron chi connectivity index (χ4n) is 1.96. The summed E-state index contributed by atoms with van der Waals surface area (Å²) in [4.78, 5) is 23.3. The number of nitrogens with one attached hydrogen (secondary N) is 3. The standard InChI is InChI=1S/C16H13ClF3N3O2/c1-21-14(24)9-2-4-10(5-3-9)22-15(25)23-11-6-7-13(17)12(8-11)16(18,19)20/h2-8H,1H3,(H,21,24)(H2,22,23,25). The number of urea groups is 1. The monoisotopic (exact) mass is 371 g/mol. The van der Waals surface area contributed by atoms with Crippen LogP contribution in [0.1, 0.15) is 15.9 Å². The van der Waals surface area contributed by atoms with Crippen molar-refractivity contribution in [3.8, 4) is 0 Å². The van der Waals surface area contributed by atoms with Gasteiger partial charge in [-0.3, -0.25) is 4.79 Å². The van der Waals surface area contributed by atoms with E-state index < -0.39 is 22.8 Å². The van der Waals surface area contributed by atoms with Crippen molar-refractivity contribution in [3.05, 3.63) is 58.6 Å². The van der Waals surface area contributed by atoms with Gasteiger partial charge in [0.1, 0.15) is 0 Å². The van der Waals surface area contributed by atoms with E-state index in [-0.39, 0.29) is 11.6 Å². The molecule has 25 heavy (non-hydrogen) atoms. The summed E-state index contributed by atoms with van der Waals surface area (Å²) in [5, 5.41) is 6.74. The predicted molar refractivity (Wildman–Crippen MR) is 88.9 cm³/mol. The summed E-state index contributed by atoms with van der Waals surface area (Å²) >= 11 is 5.52. The van der Waals surface area contributed by atoms with Crippen LogP contribution in [0.25, 0.3) is 0 Å². The summed E-state index contributed by atoms with van der Waals surface area (Å²) in [6.07, 6.45) is -4.62. The van der Waals surface area contributed by atoms with E-state index in [4.69, 9.17) is 11.6 Å². The van der Waals surface area contributed by atoms with Gasteiger partial charge in [-0.05, 0) is 42.5 Å². The first-order chi connectivity index (χ1) is 11.7. The maximum absolute atomic E-state index is 12.8. The van der Waals surface area contributed by atoms with Crippen LogP contribution in [-0.4, -0.2) is 19.0 Å². The third kappa shape index (κ3) is 4.87. The van der Waals surface area contributed by atoms with Crippen LogP contribution >= 0.6 is 11.6 Å². The first kappa shape index (κ1) is 18.6. The van der Waals surface area contributed by atoms with Crippen LogP contribution in [0.3, 0.4) is 0 Å². The predicted octanol–water partition coefficient (Wildman–Crippen LogP) is 4.36. The molecule has 9 heteroatoms. The van der Waals surface area contributed by atoms with E-state index in [9.17, 15) is 22.8 Å². The molecule has 3 N–H and O–H groups in total. The SMILES string of the molecule is CNC(=O)c1ccc(NC(=O)Nc2ccc(Cl)c(C(F)(F)F)c2)cc1. The molecule has 0 bridgehead atoms. The molecule has 132 valence electrons. The molecule has 2 aromatic rings. The van der Waals surface area contributed by atoms with Gasteiger partial charge in [0.25, 0.3) is 5.91 Å². The van der Waals surface area contributed by atoms with Crippen LogP contribution in [0.5, 0.6) is 0 Å². The molecule has 0 fully saturated rings. The number of hydrogen-bond donors (Lipinski definition) is 3. The molecule has 0 aliphatic heterocycles. The van der Waals surface area contributed by atoms with E-state index in [2.05, 4.69) is 16.0 Å². The highest BCUT2D eigenvalue weighted by molar-refractivity contribution is 6.31. The van der Waals surface area contributed by atoms with Gasteiger partial charge in [-0.15, -0.1) is 0 Å². The van der Waals surface area contributed by atoms with E-state index in [0.717, 1.165) is 12.1 Å². The molecule has 5 nitrogen and oxygen atoms in total. The Balaban J connectivity index is 2.07. The normalized spacial score (nSPS) is 10.9. The minimum Gasteiger partial charge on any atom is -0.355 e. The Hall–Kier alpha value is -2.74. The Bertz CT molecular complexity index is 792. The molecule has 0 aliphatic carbocycles. The number of amides is 3. The lowest BCUT2D eigenvalue weighted by Gasteiger charge is -2.12. The van der Waals surface area contributed by atoms with Crippen molar-refractivity contribution in [2.75, 3.05) is 17.7 Å². The van der Waals surface area contributed by atoms with E-state index in [0.29, 0.717) is 11.3 Å². The van der Waals surface area contributed by atoms with Gasteiger partial charge in [0.05, 0.1) is 10.6 Å². The molecule has 2 aromatic carbocycles. The van der Waals surface area contributed by atoms with Gasteiger partial charge in [0, 0.05) is 24.0 Å². The third-order valence-electron chi connectivity index (χ3n) is 3.16. The van der Waals surface area contributed by atoms with Crippen LogP contribution in [0.2, 0.25) is 5.02 Å². The second-order valence-electron chi connectivity index (χ2n) is 4.93. The highest BCUT2D eigenvalue weighted by Gasteiger charge is 2.33. The molecule has 0 saturated heterocycles.